The smallest absolute Gasteiger partial charge is 0.287 e. The van der Waals surface area contributed by atoms with Crippen LogP contribution >= 0.6 is 11.3 Å². The highest BCUT2D eigenvalue weighted by Gasteiger charge is 2.11. The molecule has 0 unspecified atom stereocenters. The molecule has 1 amide bonds. The molecule has 0 aliphatic rings. The summed E-state index contributed by atoms with van der Waals surface area (Å²) in [6.45, 7) is 0.558. The highest BCUT2D eigenvalue weighted by atomic mass is 32.1. The van der Waals surface area contributed by atoms with Crippen LogP contribution < -0.4 is 5.32 Å². The van der Waals surface area contributed by atoms with Gasteiger partial charge in [-0.3, -0.25) is 4.79 Å². The molecule has 0 radical (unpaired) electrons. The minimum Gasteiger partial charge on any atom is -0.451 e. The minimum atomic E-state index is -0.304. The van der Waals surface area contributed by atoms with Crippen molar-refractivity contribution in [3.8, 4) is 11.3 Å². The summed E-state index contributed by atoms with van der Waals surface area (Å²) < 4.78 is 18.4. The van der Waals surface area contributed by atoms with E-state index in [9.17, 15) is 9.18 Å². The molecule has 0 saturated carbocycles. The number of nitrogens with one attached hydrogen (secondary N) is 1. The van der Waals surface area contributed by atoms with Crippen molar-refractivity contribution in [1.82, 2.24) is 5.32 Å². The zero-order valence-electron chi connectivity index (χ0n) is 11.7. The molecule has 3 aromatic rings. The molecule has 0 aliphatic carbocycles. The van der Waals surface area contributed by atoms with Crippen LogP contribution in [0.4, 0.5) is 4.39 Å². The number of furan rings is 1. The second-order valence-corrected chi connectivity index (χ2v) is 5.59. The Hall–Kier alpha value is -2.40. The molecule has 0 atom stereocenters. The normalized spacial score (nSPS) is 10.6. The number of hydrogen-bond donors (Lipinski definition) is 1. The third-order valence-electron chi connectivity index (χ3n) is 3.24. The van der Waals surface area contributed by atoms with Crippen LogP contribution in [0.15, 0.2) is 57.6 Å². The van der Waals surface area contributed by atoms with E-state index in [0.29, 0.717) is 12.3 Å². The lowest BCUT2D eigenvalue weighted by atomic mass is 10.2. The predicted molar refractivity (Wildman–Crippen MR) is 84.5 cm³/mol. The Kier molecular flexibility index (Phi) is 4.34. The van der Waals surface area contributed by atoms with Gasteiger partial charge in [-0.15, -0.1) is 0 Å². The van der Waals surface area contributed by atoms with Crippen molar-refractivity contribution in [3.63, 3.8) is 0 Å². The lowest BCUT2D eigenvalue weighted by Gasteiger charge is -2.02. The Labute approximate surface area is 131 Å². The van der Waals surface area contributed by atoms with Gasteiger partial charge in [0.05, 0.1) is 0 Å². The van der Waals surface area contributed by atoms with E-state index in [1.165, 1.54) is 17.7 Å². The Morgan fingerprint density at radius 3 is 2.68 bits per heavy atom. The average Bonchev–Trinajstić information content (AvgIpc) is 3.19. The first kappa shape index (κ1) is 14.5. The number of benzene rings is 1. The molecule has 0 saturated heterocycles. The maximum atomic E-state index is 12.9. The topological polar surface area (TPSA) is 42.2 Å². The van der Waals surface area contributed by atoms with Crippen molar-refractivity contribution < 1.29 is 13.6 Å². The maximum absolute atomic E-state index is 12.9. The van der Waals surface area contributed by atoms with E-state index >= 15 is 0 Å². The standard InChI is InChI=1S/C17H14FNO2S/c18-14-3-1-13(2-4-14)15-5-6-16(21-15)17(20)19-9-7-12-8-10-22-11-12/h1-6,8,10-11H,7,9H2,(H,19,20). The van der Waals surface area contributed by atoms with Crippen LogP contribution in [0, 0.1) is 5.82 Å². The molecule has 1 aromatic carbocycles. The van der Waals surface area contributed by atoms with Crippen LogP contribution in [-0.4, -0.2) is 12.5 Å². The molecule has 2 aromatic heterocycles. The van der Waals surface area contributed by atoms with Gasteiger partial charge in [0.15, 0.2) is 5.76 Å². The molecule has 0 fully saturated rings. The fourth-order valence-electron chi connectivity index (χ4n) is 2.07. The van der Waals surface area contributed by atoms with Gasteiger partial charge < -0.3 is 9.73 Å². The summed E-state index contributed by atoms with van der Waals surface area (Å²) in [4.78, 5) is 12.0. The van der Waals surface area contributed by atoms with Gasteiger partial charge >= 0.3 is 0 Å². The summed E-state index contributed by atoms with van der Waals surface area (Å²) in [5.41, 5.74) is 1.94. The number of carbonyl (C=O) groups is 1. The SMILES string of the molecule is O=C(NCCc1ccsc1)c1ccc(-c2ccc(F)cc2)o1. The molecule has 0 bridgehead atoms. The van der Waals surface area contributed by atoms with Gasteiger partial charge in [0, 0.05) is 12.1 Å². The van der Waals surface area contributed by atoms with Crippen molar-refractivity contribution in [2.45, 2.75) is 6.42 Å². The summed E-state index contributed by atoms with van der Waals surface area (Å²) in [6, 6.07) is 11.3. The Morgan fingerprint density at radius 1 is 1.14 bits per heavy atom. The summed E-state index contributed by atoms with van der Waals surface area (Å²) >= 11 is 1.64. The molecule has 2 heterocycles. The molecular formula is C17H14FNO2S. The second-order valence-electron chi connectivity index (χ2n) is 4.81. The van der Waals surface area contributed by atoms with Gasteiger partial charge in [0.2, 0.25) is 0 Å². The average molecular weight is 315 g/mol. The monoisotopic (exact) mass is 315 g/mol. The van der Waals surface area contributed by atoms with Crippen LogP contribution in [-0.2, 0) is 6.42 Å². The van der Waals surface area contributed by atoms with Crippen molar-refractivity contribution in [1.29, 1.82) is 0 Å². The van der Waals surface area contributed by atoms with Crippen molar-refractivity contribution in [2.75, 3.05) is 6.54 Å². The van der Waals surface area contributed by atoms with Gasteiger partial charge in [0.25, 0.3) is 5.91 Å². The van der Waals surface area contributed by atoms with E-state index < -0.39 is 0 Å². The van der Waals surface area contributed by atoms with Crippen molar-refractivity contribution >= 4 is 17.2 Å². The van der Waals surface area contributed by atoms with Crippen LogP contribution in [0.2, 0.25) is 0 Å². The number of rotatable bonds is 5. The molecule has 112 valence electrons. The van der Waals surface area contributed by atoms with Crippen LogP contribution in [0.5, 0.6) is 0 Å². The van der Waals surface area contributed by atoms with E-state index in [0.717, 1.165) is 12.0 Å². The lowest BCUT2D eigenvalue weighted by Crippen LogP contribution is -2.25. The predicted octanol–water partition coefficient (Wildman–Crippen LogP) is 4.12. The van der Waals surface area contributed by atoms with E-state index in [4.69, 9.17) is 4.42 Å². The summed E-state index contributed by atoms with van der Waals surface area (Å²) in [6.07, 6.45) is 0.792. The molecule has 3 rings (SSSR count). The van der Waals surface area contributed by atoms with Crippen LogP contribution in [0.25, 0.3) is 11.3 Å². The zero-order valence-corrected chi connectivity index (χ0v) is 12.5. The third-order valence-corrected chi connectivity index (χ3v) is 3.97. The molecule has 0 spiro atoms. The van der Waals surface area contributed by atoms with E-state index in [1.807, 2.05) is 11.4 Å². The number of halogens is 1. The fourth-order valence-corrected chi connectivity index (χ4v) is 2.77. The van der Waals surface area contributed by atoms with E-state index in [1.54, 1.807) is 35.6 Å². The number of hydrogen-bond acceptors (Lipinski definition) is 3. The van der Waals surface area contributed by atoms with Gasteiger partial charge in [-0.2, -0.15) is 11.3 Å². The fraction of sp³-hybridized carbons (Fsp3) is 0.118. The van der Waals surface area contributed by atoms with Gasteiger partial charge in [-0.05, 0) is 65.2 Å². The van der Waals surface area contributed by atoms with E-state index in [2.05, 4.69) is 10.7 Å². The highest BCUT2D eigenvalue weighted by molar-refractivity contribution is 7.07. The van der Waals surface area contributed by atoms with Crippen LogP contribution in [0.3, 0.4) is 0 Å². The summed E-state index contributed by atoms with van der Waals surface area (Å²) in [7, 11) is 0. The van der Waals surface area contributed by atoms with Gasteiger partial charge in [0.1, 0.15) is 11.6 Å². The number of thiophene rings is 1. The molecule has 1 N–H and O–H groups in total. The first-order valence-corrected chi connectivity index (χ1v) is 7.82. The third kappa shape index (κ3) is 3.43. The molecule has 3 nitrogen and oxygen atoms in total. The van der Waals surface area contributed by atoms with Gasteiger partial charge in [-0.1, -0.05) is 0 Å². The molecular weight excluding hydrogens is 301 g/mol. The lowest BCUT2D eigenvalue weighted by molar-refractivity contribution is 0.0927. The summed E-state index contributed by atoms with van der Waals surface area (Å²) in [5.74, 6) is 0.248. The summed E-state index contributed by atoms with van der Waals surface area (Å²) in [5, 5.41) is 6.90. The van der Waals surface area contributed by atoms with Crippen molar-refractivity contribution in [3.05, 3.63) is 70.4 Å². The second kappa shape index (κ2) is 6.58. The highest BCUT2D eigenvalue weighted by Crippen LogP contribution is 2.22. The molecule has 5 heteroatoms. The first-order chi connectivity index (χ1) is 10.7. The number of carbonyl (C=O) groups excluding carboxylic acids is 1. The minimum absolute atomic E-state index is 0.247. The largest absolute Gasteiger partial charge is 0.451 e. The Bertz CT molecular complexity index is 747. The van der Waals surface area contributed by atoms with Crippen molar-refractivity contribution in [2.24, 2.45) is 0 Å². The Morgan fingerprint density at radius 2 is 1.95 bits per heavy atom. The Balaban J connectivity index is 1.60. The first-order valence-electron chi connectivity index (χ1n) is 6.87. The van der Waals surface area contributed by atoms with E-state index in [-0.39, 0.29) is 17.5 Å². The molecule has 22 heavy (non-hydrogen) atoms. The quantitative estimate of drug-likeness (QED) is 0.769. The number of amides is 1. The molecule has 0 aliphatic heterocycles. The van der Waals surface area contributed by atoms with Gasteiger partial charge in [-0.25, -0.2) is 4.39 Å². The van der Waals surface area contributed by atoms with Crippen LogP contribution in [0.1, 0.15) is 16.1 Å². The zero-order chi connectivity index (χ0) is 15.4. The maximum Gasteiger partial charge on any atom is 0.287 e.